The molecular weight excluding hydrogens is 288 g/mol. The molecule has 0 bridgehead atoms. The standard InChI is InChI=1S/C15H17ClN4O/c16-11-9-13(14-17-5-6-19(14)10-11)15(21)18-20-7-1-3-12(20)4-2-8-20/h5-6,9-10,12H,1-4,7-8H2/p+1. The summed E-state index contributed by atoms with van der Waals surface area (Å²) in [6, 6.07) is 2.29. The van der Waals surface area contributed by atoms with Crippen LogP contribution in [-0.2, 0) is 0 Å². The number of imidazole rings is 1. The molecule has 6 heteroatoms. The van der Waals surface area contributed by atoms with Gasteiger partial charge in [0.2, 0.25) is 0 Å². The van der Waals surface area contributed by atoms with E-state index in [1.165, 1.54) is 25.7 Å². The molecule has 0 aromatic carbocycles. The van der Waals surface area contributed by atoms with E-state index in [2.05, 4.69) is 10.4 Å². The van der Waals surface area contributed by atoms with Gasteiger partial charge in [-0.3, -0.25) is 4.79 Å². The Bertz CT molecular complexity index is 701. The minimum atomic E-state index is -0.0671. The molecule has 4 heterocycles. The molecule has 2 aromatic heterocycles. The van der Waals surface area contributed by atoms with Gasteiger partial charge in [-0.2, -0.15) is 5.43 Å². The van der Waals surface area contributed by atoms with E-state index < -0.39 is 0 Å². The number of pyridine rings is 1. The quantitative estimate of drug-likeness (QED) is 0.866. The number of amides is 1. The van der Waals surface area contributed by atoms with Crippen molar-refractivity contribution in [2.45, 2.75) is 31.7 Å². The van der Waals surface area contributed by atoms with E-state index in [1.54, 1.807) is 29.1 Å². The first-order chi connectivity index (χ1) is 10.2. The molecule has 0 aliphatic carbocycles. The predicted octanol–water partition coefficient (Wildman–Crippen LogP) is 2.41. The van der Waals surface area contributed by atoms with Crippen molar-refractivity contribution in [2.24, 2.45) is 0 Å². The third kappa shape index (κ3) is 2.03. The molecule has 5 nitrogen and oxygen atoms in total. The Hall–Kier alpha value is -1.59. The van der Waals surface area contributed by atoms with Gasteiger partial charge in [0.1, 0.15) is 24.8 Å². The number of nitrogens with zero attached hydrogens (tertiary/aromatic N) is 3. The van der Waals surface area contributed by atoms with Crippen LogP contribution in [-0.4, -0.2) is 39.0 Å². The van der Waals surface area contributed by atoms with E-state index >= 15 is 0 Å². The van der Waals surface area contributed by atoms with Crippen LogP contribution in [0.15, 0.2) is 24.7 Å². The number of halogens is 1. The van der Waals surface area contributed by atoms with Crippen molar-refractivity contribution in [1.29, 1.82) is 0 Å². The topological polar surface area (TPSA) is 46.4 Å². The fourth-order valence-electron chi connectivity index (χ4n) is 3.96. The van der Waals surface area contributed by atoms with Crippen molar-refractivity contribution in [3.8, 4) is 0 Å². The van der Waals surface area contributed by atoms with Crippen LogP contribution in [0.2, 0.25) is 5.02 Å². The maximum absolute atomic E-state index is 12.8. The lowest BCUT2D eigenvalue weighted by molar-refractivity contribution is -0.960. The molecule has 110 valence electrons. The van der Waals surface area contributed by atoms with E-state index in [0.29, 0.717) is 22.3 Å². The van der Waals surface area contributed by atoms with Crippen molar-refractivity contribution in [1.82, 2.24) is 14.8 Å². The van der Waals surface area contributed by atoms with Crippen molar-refractivity contribution in [3.05, 3.63) is 35.2 Å². The van der Waals surface area contributed by atoms with Gasteiger partial charge in [-0.25, -0.2) is 9.58 Å². The molecule has 4 rings (SSSR count). The molecule has 1 amide bonds. The summed E-state index contributed by atoms with van der Waals surface area (Å²) in [6.07, 6.45) is 10.1. The molecule has 2 aliphatic rings. The molecule has 0 unspecified atom stereocenters. The SMILES string of the molecule is O=C(N[N+]12CCCC1CCC2)c1cc(Cl)cn2ccnc12. The van der Waals surface area contributed by atoms with Crippen molar-refractivity contribution in [3.63, 3.8) is 0 Å². The number of carbonyl (C=O) groups excluding carboxylic acids is 1. The van der Waals surface area contributed by atoms with Gasteiger partial charge in [0.25, 0.3) is 5.91 Å². The Kier molecular flexibility index (Phi) is 2.94. The van der Waals surface area contributed by atoms with Gasteiger partial charge in [0.15, 0.2) is 0 Å². The van der Waals surface area contributed by atoms with Crippen LogP contribution in [0.1, 0.15) is 36.0 Å². The first-order valence-electron chi connectivity index (χ1n) is 7.50. The number of quaternary nitrogens is 1. The summed E-state index contributed by atoms with van der Waals surface area (Å²) in [5.74, 6) is -0.0671. The third-order valence-corrected chi connectivity index (χ3v) is 5.12. The van der Waals surface area contributed by atoms with Crippen LogP contribution in [0, 0.1) is 0 Å². The lowest BCUT2D eigenvalue weighted by Crippen LogP contribution is -2.60. The second-order valence-electron chi connectivity index (χ2n) is 6.09. The predicted molar refractivity (Wildman–Crippen MR) is 79.9 cm³/mol. The highest BCUT2D eigenvalue weighted by atomic mass is 35.5. The lowest BCUT2D eigenvalue weighted by Gasteiger charge is -2.33. The summed E-state index contributed by atoms with van der Waals surface area (Å²) in [5.41, 5.74) is 4.48. The molecule has 0 saturated carbocycles. The molecule has 0 spiro atoms. The zero-order valence-electron chi connectivity index (χ0n) is 11.8. The summed E-state index contributed by atoms with van der Waals surface area (Å²) in [6.45, 7) is 2.09. The highest BCUT2D eigenvalue weighted by Crippen LogP contribution is 2.34. The number of carbonyl (C=O) groups is 1. The Morgan fingerprint density at radius 3 is 2.90 bits per heavy atom. The van der Waals surface area contributed by atoms with Crippen LogP contribution in [0.3, 0.4) is 0 Å². The van der Waals surface area contributed by atoms with Crippen molar-refractivity contribution < 1.29 is 9.39 Å². The maximum Gasteiger partial charge on any atom is 0.299 e. The van der Waals surface area contributed by atoms with Crippen LogP contribution in [0.5, 0.6) is 0 Å². The number of rotatable bonds is 2. The van der Waals surface area contributed by atoms with E-state index in [-0.39, 0.29) is 5.91 Å². The molecule has 21 heavy (non-hydrogen) atoms. The zero-order chi connectivity index (χ0) is 14.4. The summed E-state index contributed by atoms with van der Waals surface area (Å²) < 4.78 is 2.54. The average molecular weight is 306 g/mol. The molecule has 2 aromatic rings. The Labute approximate surface area is 128 Å². The molecule has 0 atom stereocenters. The van der Waals surface area contributed by atoms with Crippen LogP contribution < -0.4 is 5.43 Å². The highest BCUT2D eigenvalue weighted by Gasteiger charge is 2.47. The third-order valence-electron chi connectivity index (χ3n) is 4.91. The second-order valence-corrected chi connectivity index (χ2v) is 6.53. The largest absolute Gasteiger partial charge is 0.305 e. The number of hydrogen-bond acceptors (Lipinski definition) is 2. The normalized spacial score (nSPS) is 28.0. The summed E-state index contributed by atoms with van der Waals surface area (Å²) >= 11 is 6.12. The van der Waals surface area contributed by atoms with Crippen LogP contribution in [0.4, 0.5) is 0 Å². The van der Waals surface area contributed by atoms with E-state index in [0.717, 1.165) is 17.7 Å². The molecule has 2 aliphatic heterocycles. The van der Waals surface area contributed by atoms with Crippen molar-refractivity contribution in [2.75, 3.05) is 13.1 Å². The average Bonchev–Trinajstić information content (AvgIpc) is 3.11. The Morgan fingerprint density at radius 1 is 1.38 bits per heavy atom. The first-order valence-corrected chi connectivity index (χ1v) is 7.87. The maximum atomic E-state index is 12.8. The Balaban J connectivity index is 1.69. The lowest BCUT2D eigenvalue weighted by atomic mass is 10.2. The van der Waals surface area contributed by atoms with Gasteiger partial charge >= 0.3 is 0 Å². The van der Waals surface area contributed by atoms with E-state index in [9.17, 15) is 4.79 Å². The zero-order valence-corrected chi connectivity index (χ0v) is 12.5. The molecule has 2 saturated heterocycles. The smallest absolute Gasteiger partial charge is 0.299 e. The molecule has 0 radical (unpaired) electrons. The second kappa shape index (κ2) is 4.71. The molecular formula is C15H18ClN4O+. The van der Waals surface area contributed by atoms with Gasteiger partial charge in [-0.1, -0.05) is 11.6 Å². The van der Waals surface area contributed by atoms with Gasteiger partial charge in [0.05, 0.1) is 10.6 Å². The molecule has 2 fully saturated rings. The van der Waals surface area contributed by atoms with Crippen molar-refractivity contribution >= 4 is 23.2 Å². The number of aromatic nitrogens is 2. The highest BCUT2D eigenvalue weighted by molar-refractivity contribution is 6.31. The Morgan fingerprint density at radius 2 is 2.14 bits per heavy atom. The van der Waals surface area contributed by atoms with Gasteiger partial charge < -0.3 is 4.40 Å². The van der Waals surface area contributed by atoms with Gasteiger partial charge in [-0.15, -0.1) is 0 Å². The first kappa shape index (κ1) is 13.1. The van der Waals surface area contributed by atoms with Gasteiger partial charge in [0, 0.05) is 44.3 Å². The summed E-state index contributed by atoms with van der Waals surface area (Å²) in [4.78, 5) is 17.0. The fourth-order valence-corrected chi connectivity index (χ4v) is 4.18. The summed E-state index contributed by atoms with van der Waals surface area (Å²) in [5, 5.41) is 0.546. The minimum Gasteiger partial charge on any atom is -0.305 e. The van der Waals surface area contributed by atoms with E-state index in [1.807, 2.05) is 0 Å². The number of nitrogens with one attached hydrogen (secondary N) is 1. The molecule has 1 N–H and O–H groups in total. The summed E-state index contributed by atoms with van der Waals surface area (Å²) in [7, 11) is 0. The monoisotopic (exact) mass is 305 g/mol. The van der Waals surface area contributed by atoms with E-state index in [4.69, 9.17) is 11.6 Å². The van der Waals surface area contributed by atoms with Gasteiger partial charge in [-0.05, 0) is 6.07 Å². The fraction of sp³-hybridized carbons (Fsp3) is 0.467. The minimum absolute atomic E-state index is 0.0671. The number of hydrogen-bond donors (Lipinski definition) is 1. The van der Waals surface area contributed by atoms with Crippen LogP contribution >= 0.6 is 11.6 Å². The number of fused-ring (bicyclic) bond motifs is 2. The van der Waals surface area contributed by atoms with Crippen LogP contribution in [0.25, 0.3) is 5.65 Å².